The maximum Gasteiger partial charge on any atom is 0.422 e. The summed E-state index contributed by atoms with van der Waals surface area (Å²) < 4.78 is 19.2. The number of amides is 1. The summed E-state index contributed by atoms with van der Waals surface area (Å²) >= 11 is 0. The van der Waals surface area contributed by atoms with Crippen LogP contribution in [0.2, 0.25) is 0 Å². The van der Waals surface area contributed by atoms with Crippen molar-refractivity contribution in [3.8, 4) is 0 Å². The molecule has 0 aromatic rings. The SMILES string of the molecule is COC(=O)C[C@@H](OCCNNC(=O)OC(C)(C)C)C(=O)OC. The molecule has 0 aromatic carbocycles. The van der Waals surface area contributed by atoms with Crippen molar-refractivity contribution < 1.29 is 33.3 Å². The molecular weight excluding hydrogens is 296 g/mol. The van der Waals surface area contributed by atoms with Gasteiger partial charge in [-0.15, -0.1) is 0 Å². The Morgan fingerprint density at radius 2 is 1.73 bits per heavy atom. The summed E-state index contributed by atoms with van der Waals surface area (Å²) in [7, 11) is 2.40. The number of nitrogens with one attached hydrogen (secondary N) is 2. The second-order valence-corrected chi connectivity index (χ2v) is 5.22. The van der Waals surface area contributed by atoms with Crippen molar-refractivity contribution in [1.82, 2.24) is 10.9 Å². The summed E-state index contributed by atoms with van der Waals surface area (Å²) in [6, 6.07) is 0. The number of hydrazine groups is 1. The Bertz CT molecular complexity index is 379. The van der Waals surface area contributed by atoms with E-state index in [9.17, 15) is 14.4 Å². The van der Waals surface area contributed by atoms with E-state index in [1.165, 1.54) is 14.2 Å². The van der Waals surface area contributed by atoms with Gasteiger partial charge in [-0.2, -0.15) is 0 Å². The van der Waals surface area contributed by atoms with Crippen LogP contribution in [-0.4, -0.2) is 57.1 Å². The van der Waals surface area contributed by atoms with Crippen molar-refractivity contribution in [2.75, 3.05) is 27.4 Å². The topological polar surface area (TPSA) is 112 Å². The molecule has 0 unspecified atom stereocenters. The highest BCUT2D eigenvalue weighted by molar-refractivity contribution is 5.81. The number of carbonyl (C=O) groups excluding carboxylic acids is 3. The molecule has 2 N–H and O–H groups in total. The van der Waals surface area contributed by atoms with Crippen molar-refractivity contribution in [2.24, 2.45) is 0 Å². The Labute approximate surface area is 129 Å². The zero-order valence-electron chi connectivity index (χ0n) is 13.6. The second-order valence-electron chi connectivity index (χ2n) is 5.22. The van der Waals surface area contributed by atoms with Gasteiger partial charge < -0.3 is 18.9 Å². The molecule has 0 spiro atoms. The Hall–Kier alpha value is -1.87. The third kappa shape index (κ3) is 9.94. The quantitative estimate of drug-likeness (QED) is 0.281. The average Bonchev–Trinajstić information content (AvgIpc) is 2.42. The van der Waals surface area contributed by atoms with Gasteiger partial charge in [-0.05, 0) is 20.8 Å². The third-order valence-electron chi connectivity index (χ3n) is 2.18. The van der Waals surface area contributed by atoms with E-state index in [-0.39, 0.29) is 19.6 Å². The van der Waals surface area contributed by atoms with E-state index in [1.54, 1.807) is 20.8 Å². The molecule has 0 saturated heterocycles. The normalized spacial score (nSPS) is 12.2. The Morgan fingerprint density at radius 3 is 2.23 bits per heavy atom. The van der Waals surface area contributed by atoms with E-state index in [2.05, 4.69) is 20.3 Å². The molecule has 1 amide bonds. The van der Waals surface area contributed by atoms with Crippen LogP contribution in [0.4, 0.5) is 4.79 Å². The summed E-state index contributed by atoms with van der Waals surface area (Å²) in [4.78, 5) is 33.9. The van der Waals surface area contributed by atoms with E-state index in [1.807, 2.05) is 0 Å². The van der Waals surface area contributed by atoms with Crippen LogP contribution in [0.15, 0.2) is 0 Å². The number of carbonyl (C=O) groups is 3. The molecule has 0 aromatic heterocycles. The smallest absolute Gasteiger partial charge is 0.422 e. The summed E-state index contributed by atoms with van der Waals surface area (Å²) in [5.41, 5.74) is 4.28. The van der Waals surface area contributed by atoms with Crippen LogP contribution in [0, 0.1) is 0 Å². The van der Waals surface area contributed by atoms with Crippen LogP contribution in [0.25, 0.3) is 0 Å². The predicted molar refractivity (Wildman–Crippen MR) is 75.8 cm³/mol. The fourth-order valence-electron chi connectivity index (χ4n) is 1.27. The highest BCUT2D eigenvalue weighted by Crippen LogP contribution is 2.06. The minimum atomic E-state index is -1.05. The maximum absolute atomic E-state index is 11.4. The number of rotatable bonds is 8. The zero-order chi connectivity index (χ0) is 17.2. The van der Waals surface area contributed by atoms with Gasteiger partial charge in [0.15, 0.2) is 6.10 Å². The molecule has 0 rings (SSSR count). The molecule has 0 radical (unpaired) electrons. The van der Waals surface area contributed by atoms with Gasteiger partial charge in [-0.25, -0.2) is 15.0 Å². The van der Waals surface area contributed by atoms with Gasteiger partial charge in [0, 0.05) is 6.54 Å². The minimum Gasteiger partial charge on any atom is -0.469 e. The fraction of sp³-hybridized carbons (Fsp3) is 0.769. The highest BCUT2D eigenvalue weighted by atomic mass is 16.6. The average molecular weight is 320 g/mol. The van der Waals surface area contributed by atoms with E-state index in [0.29, 0.717) is 0 Å². The van der Waals surface area contributed by atoms with Crippen LogP contribution >= 0.6 is 0 Å². The summed E-state index contributed by atoms with van der Waals surface area (Å²) in [5, 5.41) is 0. The second kappa shape index (κ2) is 9.96. The first-order valence-corrected chi connectivity index (χ1v) is 6.67. The molecule has 9 heteroatoms. The van der Waals surface area contributed by atoms with Crippen LogP contribution in [0.3, 0.4) is 0 Å². The Balaban J connectivity index is 4.01. The van der Waals surface area contributed by atoms with Crippen LogP contribution in [0.1, 0.15) is 27.2 Å². The van der Waals surface area contributed by atoms with Gasteiger partial charge in [0.25, 0.3) is 0 Å². The summed E-state index contributed by atoms with van der Waals surface area (Å²) in [6.07, 6.45) is -1.93. The molecule has 22 heavy (non-hydrogen) atoms. The first-order valence-electron chi connectivity index (χ1n) is 6.67. The van der Waals surface area contributed by atoms with Crippen molar-refractivity contribution in [3.63, 3.8) is 0 Å². The minimum absolute atomic E-state index is 0.0621. The van der Waals surface area contributed by atoms with Gasteiger partial charge >= 0.3 is 18.0 Å². The van der Waals surface area contributed by atoms with Crippen molar-refractivity contribution in [1.29, 1.82) is 0 Å². The molecule has 0 heterocycles. The number of ether oxygens (including phenoxy) is 4. The van der Waals surface area contributed by atoms with Crippen LogP contribution in [-0.2, 0) is 28.5 Å². The van der Waals surface area contributed by atoms with Crippen LogP contribution in [0.5, 0.6) is 0 Å². The lowest BCUT2D eigenvalue weighted by Gasteiger charge is -2.20. The molecule has 0 aliphatic heterocycles. The molecule has 9 nitrogen and oxygen atoms in total. The first kappa shape index (κ1) is 20.1. The van der Waals surface area contributed by atoms with E-state index >= 15 is 0 Å². The summed E-state index contributed by atoms with van der Waals surface area (Å²) in [6.45, 7) is 5.48. The molecule has 0 aliphatic carbocycles. The Morgan fingerprint density at radius 1 is 1.09 bits per heavy atom. The van der Waals surface area contributed by atoms with Crippen LogP contribution < -0.4 is 10.9 Å². The van der Waals surface area contributed by atoms with Gasteiger partial charge in [-0.3, -0.25) is 10.2 Å². The maximum atomic E-state index is 11.4. The number of hydrogen-bond acceptors (Lipinski definition) is 8. The van der Waals surface area contributed by atoms with Gasteiger partial charge in [0.05, 0.1) is 27.2 Å². The lowest BCUT2D eigenvalue weighted by atomic mass is 10.2. The molecule has 0 saturated carbocycles. The highest BCUT2D eigenvalue weighted by Gasteiger charge is 2.23. The van der Waals surface area contributed by atoms with E-state index < -0.39 is 29.7 Å². The molecule has 1 atom stereocenters. The van der Waals surface area contributed by atoms with Crippen molar-refractivity contribution >= 4 is 18.0 Å². The molecule has 0 aliphatic rings. The predicted octanol–water partition coefficient (Wildman–Crippen LogP) is 0.137. The lowest BCUT2D eigenvalue weighted by molar-refractivity contribution is -0.160. The summed E-state index contributed by atoms with van der Waals surface area (Å²) in [5.74, 6) is -1.26. The zero-order valence-corrected chi connectivity index (χ0v) is 13.6. The molecule has 0 bridgehead atoms. The van der Waals surface area contributed by atoms with Gasteiger partial charge in [0.1, 0.15) is 5.60 Å². The molecular formula is C13H24N2O7. The fourth-order valence-corrected chi connectivity index (χ4v) is 1.27. The Kier molecular flexibility index (Phi) is 9.11. The molecule has 0 fully saturated rings. The lowest BCUT2D eigenvalue weighted by Crippen LogP contribution is -2.43. The number of hydrogen-bond donors (Lipinski definition) is 2. The number of methoxy groups -OCH3 is 2. The third-order valence-corrected chi connectivity index (χ3v) is 2.18. The number of esters is 2. The largest absolute Gasteiger partial charge is 0.469 e. The van der Waals surface area contributed by atoms with E-state index in [0.717, 1.165) is 0 Å². The van der Waals surface area contributed by atoms with Gasteiger partial charge in [-0.1, -0.05) is 0 Å². The standard InChI is InChI=1S/C13H24N2O7/c1-13(2,3)22-12(18)15-14-6-7-21-9(11(17)20-5)8-10(16)19-4/h9,14H,6-8H2,1-5H3,(H,15,18)/t9-/m1/s1. The van der Waals surface area contributed by atoms with Crippen molar-refractivity contribution in [3.05, 3.63) is 0 Å². The molecule has 128 valence electrons. The monoisotopic (exact) mass is 320 g/mol. The first-order chi connectivity index (χ1) is 10.2. The van der Waals surface area contributed by atoms with E-state index in [4.69, 9.17) is 9.47 Å². The van der Waals surface area contributed by atoms with Crippen molar-refractivity contribution in [2.45, 2.75) is 38.9 Å². The van der Waals surface area contributed by atoms with Gasteiger partial charge in [0.2, 0.25) is 0 Å².